The van der Waals surface area contributed by atoms with Crippen molar-refractivity contribution in [3.63, 3.8) is 0 Å². The molecule has 0 aliphatic carbocycles. The van der Waals surface area contributed by atoms with Gasteiger partial charge in [0.25, 0.3) is 0 Å². The molecule has 0 bridgehead atoms. The first-order valence-electron chi connectivity index (χ1n) is 5.99. The smallest absolute Gasteiger partial charge is 0.130 e. The predicted octanol–water partition coefficient (Wildman–Crippen LogP) is 4.50. The van der Waals surface area contributed by atoms with Gasteiger partial charge in [-0.1, -0.05) is 6.07 Å². The summed E-state index contributed by atoms with van der Waals surface area (Å²) in [6.45, 7) is 3.52. The second-order valence-corrected chi connectivity index (χ2v) is 5.09. The van der Waals surface area contributed by atoms with Gasteiger partial charge in [0, 0.05) is 29.9 Å². The van der Waals surface area contributed by atoms with Crippen molar-refractivity contribution in [2.45, 2.75) is 25.6 Å². The Hall–Kier alpha value is -1.48. The van der Waals surface area contributed by atoms with Gasteiger partial charge in [-0.2, -0.15) is 0 Å². The number of halogens is 3. The summed E-state index contributed by atoms with van der Waals surface area (Å²) in [6.07, 6.45) is 2.09. The molecule has 0 N–H and O–H groups in total. The zero-order chi connectivity index (χ0) is 14.0. The van der Waals surface area contributed by atoms with Crippen LogP contribution in [0.3, 0.4) is 0 Å². The van der Waals surface area contributed by atoms with Crippen molar-refractivity contribution in [3.8, 4) is 0 Å². The van der Waals surface area contributed by atoms with Crippen molar-refractivity contribution in [2.24, 2.45) is 0 Å². The van der Waals surface area contributed by atoms with Crippen LogP contribution in [0.5, 0.6) is 0 Å². The van der Waals surface area contributed by atoms with E-state index >= 15 is 0 Å². The molecule has 0 amide bonds. The van der Waals surface area contributed by atoms with Gasteiger partial charge in [-0.3, -0.25) is 4.98 Å². The number of aryl methyl sites for hydroxylation is 2. The van der Waals surface area contributed by atoms with Crippen molar-refractivity contribution < 1.29 is 8.78 Å². The Labute approximate surface area is 116 Å². The van der Waals surface area contributed by atoms with E-state index in [4.69, 9.17) is 11.6 Å². The Kier molecular flexibility index (Phi) is 4.15. The van der Waals surface area contributed by atoms with E-state index in [0.717, 1.165) is 17.3 Å². The maximum atomic E-state index is 13.7. The number of nitrogens with zero attached hydrogens (tertiary/aromatic N) is 1. The fraction of sp³-hybridized carbons (Fsp3) is 0.267. The zero-order valence-electron chi connectivity index (χ0n) is 10.8. The molecule has 1 heterocycles. The highest BCUT2D eigenvalue weighted by atomic mass is 35.5. The largest absolute Gasteiger partial charge is 0.261 e. The number of rotatable bonds is 3. The van der Waals surface area contributed by atoms with Gasteiger partial charge in [-0.05, 0) is 37.1 Å². The molecule has 19 heavy (non-hydrogen) atoms. The molecule has 0 saturated heterocycles. The van der Waals surface area contributed by atoms with Gasteiger partial charge in [0.15, 0.2) is 0 Å². The number of hydrogen-bond acceptors (Lipinski definition) is 1. The minimum atomic E-state index is -0.614. The molecule has 0 radical (unpaired) electrons. The van der Waals surface area contributed by atoms with Crippen LogP contribution < -0.4 is 0 Å². The number of benzene rings is 1. The lowest BCUT2D eigenvalue weighted by atomic mass is 10.0. The van der Waals surface area contributed by atoms with Gasteiger partial charge in [0.05, 0.1) is 5.38 Å². The van der Waals surface area contributed by atoms with E-state index in [-0.39, 0.29) is 0 Å². The van der Waals surface area contributed by atoms with E-state index in [9.17, 15) is 8.78 Å². The van der Waals surface area contributed by atoms with Crippen LogP contribution in [0.15, 0.2) is 30.5 Å². The lowest BCUT2D eigenvalue weighted by molar-refractivity contribution is 0.564. The molecule has 0 fully saturated rings. The topological polar surface area (TPSA) is 12.9 Å². The van der Waals surface area contributed by atoms with Crippen molar-refractivity contribution >= 4 is 11.6 Å². The standard InChI is InChI=1S/C15H14ClF2N/c1-9-4-3-5-19-15(9)7-12(16)11-6-10(2)13(17)8-14(11)18/h3-6,8,12H,7H2,1-2H3. The van der Waals surface area contributed by atoms with Crippen LogP contribution in [0.25, 0.3) is 0 Å². The molecule has 1 nitrogen and oxygen atoms in total. The molecule has 1 atom stereocenters. The lowest BCUT2D eigenvalue weighted by Gasteiger charge is -2.13. The van der Waals surface area contributed by atoms with E-state index in [1.54, 1.807) is 13.1 Å². The first-order valence-corrected chi connectivity index (χ1v) is 6.42. The molecular formula is C15H14ClF2N. The van der Waals surface area contributed by atoms with Crippen molar-refractivity contribution in [1.29, 1.82) is 0 Å². The van der Waals surface area contributed by atoms with Gasteiger partial charge in [0.1, 0.15) is 11.6 Å². The van der Waals surface area contributed by atoms with Gasteiger partial charge in [-0.15, -0.1) is 11.6 Å². The van der Waals surface area contributed by atoms with Crippen molar-refractivity contribution in [2.75, 3.05) is 0 Å². The Morgan fingerprint density at radius 2 is 1.89 bits per heavy atom. The fourth-order valence-corrected chi connectivity index (χ4v) is 2.24. The summed E-state index contributed by atoms with van der Waals surface area (Å²) in [6, 6.07) is 6.11. The Bertz CT molecular complexity index is 599. The van der Waals surface area contributed by atoms with Gasteiger partial charge < -0.3 is 0 Å². The average Bonchev–Trinajstić information content (AvgIpc) is 2.36. The predicted molar refractivity (Wildman–Crippen MR) is 72.4 cm³/mol. The first-order chi connectivity index (χ1) is 8.99. The third-order valence-corrected chi connectivity index (χ3v) is 3.50. The van der Waals surface area contributed by atoms with Gasteiger partial charge in [-0.25, -0.2) is 8.78 Å². The second-order valence-electron chi connectivity index (χ2n) is 4.56. The molecule has 0 spiro atoms. The van der Waals surface area contributed by atoms with Crippen molar-refractivity contribution in [1.82, 2.24) is 4.98 Å². The van der Waals surface area contributed by atoms with Crippen LogP contribution in [0.2, 0.25) is 0 Å². The second kappa shape index (κ2) is 5.66. The molecule has 1 aromatic heterocycles. The summed E-state index contributed by atoms with van der Waals surface area (Å²) >= 11 is 6.24. The minimum absolute atomic E-state index is 0.311. The number of alkyl halides is 1. The van der Waals surface area contributed by atoms with Crippen LogP contribution in [-0.4, -0.2) is 4.98 Å². The summed E-state index contributed by atoms with van der Waals surface area (Å²) in [4.78, 5) is 4.23. The highest BCUT2D eigenvalue weighted by Crippen LogP contribution is 2.29. The zero-order valence-corrected chi connectivity index (χ0v) is 11.5. The summed E-state index contributed by atoms with van der Waals surface area (Å²) in [7, 11) is 0. The highest BCUT2D eigenvalue weighted by Gasteiger charge is 2.17. The minimum Gasteiger partial charge on any atom is -0.261 e. The van der Waals surface area contributed by atoms with Crippen LogP contribution in [0.4, 0.5) is 8.78 Å². The average molecular weight is 282 g/mol. The normalized spacial score (nSPS) is 12.5. The molecule has 2 aromatic rings. The summed E-state index contributed by atoms with van der Waals surface area (Å²) in [5.74, 6) is -1.17. The van der Waals surface area contributed by atoms with E-state index in [2.05, 4.69) is 4.98 Å². The van der Waals surface area contributed by atoms with E-state index in [0.29, 0.717) is 17.5 Å². The molecular weight excluding hydrogens is 268 g/mol. The van der Waals surface area contributed by atoms with E-state index < -0.39 is 17.0 Å². The summed E-state index contributed by atoms with van der Waals surface area (Å²) in [5, 5.41) is -0.562. The Morgan fingerprint density at radius 1 is 1.16 bits per heavy atom. The lowest BCUT2D eigenvalue weighted by Crippen LogP contribution is -2.04. The van der Waals surface area contributed by atoms with Gasteiger partial charge >= 0.3 is 0 Å². The maximum Gasteiger partial charge on any atom is 0.130 e. The SMILES string of the molecule is Cc1cc(C(Cl)Cc2ncccc2C)c(F)cc1F. The monoisotopic (exact) mass is 281 g/mol. The molecule has 4 heteroatoms. The summed E-state index contributed by atoms with van der Waals surface area (Å²) < 4.78 is 27.0. The number of pyridine rings is 1. The highest BCUT2D eigenvalue weighted by molar-refractivity contribution is 6.20. The number of hydrogen-bond donors (Lipinski definition) is 0. The maximum absolute atomic E-state index is 13.7. The van der Waals surface area contributed by atoms with Crippen molar-refractivity contribution in [3.05, 3.63) is 64.5 Å². The molecule has 0 aliphatic rings. The third kappa shape index (κ3) is 3.10. The van der Waals surface area contributed by atoms with E-state index in [1.165, 1.54) is 6.07 Å². The van der Waals surface area contributed by atoms with Crippen LogP contribution in [-0.2, 0) is 6.42 Å². The van der Waals surface area contributed by atoms with Crippen LogP contribution in [0.1, 0.15) is 27.8 Å². The van der Waals surface area contributed by atoms with E-state index in [1.807, 2.05) is 19.1 Å². The Balaban J connectivity index is 2.28. The number of aromatic nitrogens is 1. The molecule has 0 aliphatic heterocycles. The molecule has 1 aromatic carbocycles. The molecule has 1 unspecified atom stereocenters. The fourth-order valence-electron chi connectivity index (χ4n) is 1.93. The first kappa shape index (κ1) is 13.9. The van der Waals surface area contributed by atoms with Gasteiger partial charge in [0.2, 0.25) is 0 Å². The van der Waals surface area contributed by atoms with Crippen LogP contribution in [0, 0.1) is 25.5 Å². The molecule has 2 rings (SSSR count). The van der Waals surface area contributed by atoms with Crippen LogP contribution >= 0.6 is 11.6 Å². The third-order valence-electron chi connectivity index (χ3n) is 3.11. The Morgan fingerprint density at radius 3 is 2.58 bits per heavy atom. The molecule has 100 valence electrons. The quantitative estimate of drug-likeness (QED) is 0.755. The molecule has 0 saturated carbocycles. The summed E-state index contributed by atoms with van der Waals surface area (Å²) in [5.41, 5.74) is 2.53.